The summed E-state index contributed by atoms with van der Waals surface area (Å²) in [4.78, 5) is 11.6. The van der Waals surface area contributed by atoms with Crippen molar-refractivity contribution in [2.45, 2.75) is 39.7 Å². The van der Waals surface area contributed by atoms with E-state index in [0.29, 0.717) is 5.92 Å². The fourth-order valence-corrected chi connectivity index (χ4v) is 2.23. The van der Waals surface area contributed by atoms with E-state index in [0.717, 1.165) is 17.9 Å². The molecule has 1 rings (SSSR count). The second-order valence-corrected chi connectivity index (χ2v) is 5.53. The summed E-state index contributed by atoms with van der Waals surface area (Å²) in [6, 6.07) is -0.0950. The van der Waals surface area contributed by atoms with Gasteiger partial charge < -0.3 is 10.6 Å². The van der Waals surface area contributed by atoms with E-state index in [-0.39, 0.29) is 11.6 Å². The summed E-state index contributed by atoms with van der Waals surface area (Å²) in [5, 5.41) is 7.89. The predicted octanol–water partition coefficient (Wildman–Crippen LogP) is 2.70. The number of amides is 2. The Morgan fingerprint density at radius 2 is 2.33 bits per heavy atom. The molecule has 2 N–H and O–H groups in total. The van der Waals surface area contributed by atoms with E-state index in [1.54, 1.807) is 11.8 Å². The first-order valence-corrected chi connectivity index (χ1v) is 6.40. The van der Waals surface area contributed by atoms with Crippen LogP contribution in [0.3, 0.4) is 0 Å². The summed E-state index contributed by atoms with van der Waals surface area (Å²) < 4.78 is 0. The monoisotopic (exact) mass is 228 g/mol. The lowest BCUT2D eigenvalue weighted by molar-refractivity contribution is 0.230. The number of carbonyl (C=O) groups is 1. The van der Waals surface area contributed by atoms with E-state index in [4.69, 9.17) is 0 Å². The number of allylic oxidation sites excluding steroid dienone is 1. The van der Waals surface area contributed by atoms with Crippen LogP contribution in [0.15, 0.2) is 11.1 Å². The van der Waals surface area contributed by atoms with Gasteiger partial charge in [-0.2, -0.15) is 0 Å². The van der Waals surface area contributed by atoms with Crippen molar-refractivity contribution in [2.75, 3.05) is 5.75 Å². The molecule has 15 heavy (non-hydrogen) atoms. The third-order valence-electron chi connectivity index (χ3n) is 2.68. The van der Waals surface area contributed by atoms with Crippen LogP contribution in [-0.2, 0) is 0 Å². The van der Waals surface area contributed by atoms with E-state index in [2.05, 4.69) is 24.5 Å². The first kappa shape index (κ1) is 12.4. The zero-order valence-electron chi connectivity index (χ0n) is 9.89. The lowest BCUT2D eigenvalue weighted by Crippen LogP contribution is -2.48. The first-order chi connectivity index (χ1) is 6.94. The van der Waals surface area contributed by atoms with Crippen LogP contribution < -0.4 is 10.6 Å². The van der Waals surface area contributed by atoms with E-state index in [1.807, 2.05) is 19.3 Å². The Balaban J connectivity index is 2.43. The number of thioether (sulfide) groups is 1. The summed E-state index contributed by atoms with van der Waals surface area (Å²) in [6.07, 6.45) is 0.920. The Kier molecular flexibility index (Phi) is 4.08. The molecule has 86 valence electrons. The highest BCUT2D eigenvalue weighted by Crippen LogP contribution is 2.25. The second kappa shape index (κ2) is 4.92. The molecule has 0 aromatic heterocycles. The summed E-state index contributed by atoms with van der Waals surface area (Å²) >= 11 is 1.75. The van der Waals surface area contributed by atoms with Gasteiger partial charge >= 0.3 is 6.03 Å². The summed E-state index contributed by atoms with van der Waals surface area (Å²) in [6.45, 7) is 8.23. The van der Waals surface area contributed by atoms with Gasteiger partial charge in [0.15, 0.2) is 0 Å². The van der Waals surface area contributed by atoms with Crippen molar-refractivity contribution in [3.63, 3.8) is 0 Å². The molecule has 1 unspecified atom stereocenters. The van der Waals surface area contributed by atoms with Gasteiger partial charge in [0.25, 0.3) is 0 Å². The standard InChI is InChI=1S/C11H20N2OS/c1-5-11(3,4)13-10(14)12-9-7-15-6-8(9)2/h7-8H,5-6H2,1-4H3,(H2,12,13,14). The minimum absolute atomic E-state index is 0.0950. The van der Waals surface area contributed by atoms with Gasteiger partial charge in [0.2, 0.25) is 0 Å². The Morgan fingerprint density at radius 3 is 2.80 bits per heavy atom. The van der Waals surface area contributed by atoms with Crippen molar-refractivity contribution in [1.82, 2.24) is 10.6 Å². The van der Waals surface area contributed by atoms with Gasteiger partial charge in [0.05, 0.1) is 0 Å². The van der Waals surface area contributed by atoms with Crippen LogP contribution >= 0.6 is 11.8 Å². The summed E-state index contributed by atoms with van der Waals surface area (Å²) in [7, 11) is 0. The van der Waals surface area contributed by atoms with E-state index in [1.165, 1.54) is 0 Å². The molecule has 0 spiro atoms. The molecule has 1 aliphatic rings. The van der Waals surface area contributed by atoms with Crippen LogP contribution in [0.2, 0.25) is 0 Å². The molecule has 0 radical (unpaired) electrons. The summed E-state index contributed by atoms with van der Waals surface area (Å²) in [5.74, 6) is 1.51. The molecule has 0 fully saturated rings. The van der Waals surface area contributed by atoms with Gasteiger partial charge in [-0.05, 0) is 25.7 Å². The zero-order valence-corrected chi connectivity index (χ0v) is 10.7. The minimum Gasteiger partial charge on any atom is -0.333 e. The Labute approximate surface area is 96.1 Å². The maximum Gasteiger partial charge on any atom is 0.319 e. The van der Waals surface area contributed by atoms with Crippen LogP contribution in [-0.4, -0.2) is 17.3 Å². The number of urea groups is 1. The van der Waals surface area contributed by atoms with Crippen LogP contribution in [0, 0.1) is 5.92 Å². The highest BCUT2D eigenvalue weighted by atomic mass is 32.2. The van der Waals surface area contributed by atoms with Crippen molar-refractivity contribution in [2.24, 2.45) is 5.92 Å². The molecule has 1 aliphatic heterocycles. The lowest BCUT2D eigenvalue weighted by atomic mass is 10.0. The average Bonchev–Trinajstić information content (AvgIpc) is 2.51. The summed E-state index contributed by atoms with van der Waals surface area (Å²) in [5.41, 5.74) is 0.893. The minimum atomic E-state index is -0.139. The SMILES string of the molecule is CCC(C)(C)NC(=O)NC1=CSCC1C. The predicted molar refractivity (Wildman–Crippen MR) is 65.7 cm³/mol. The third-order valence-corrected chi connectivity index (χ3v) is 3.79. The van der Waals surface area contributed by atoms with Crippen molar-refractivity contribution in [1.29, 1.82) is 0 Å². The van der Waals surface area contributed by atoms with Crippen molar-refractivity contribution >= 4 is 17.8 Å². The fourth-order valence-electron chi connectivity index (χ4n) is 1.20. The van der Waals surface area contributed by atoms with Crippen molar-refractivity contribution in [3.05, 3.63) is 11.1 Å². The van der Waals surface area contributed by atoms with Gasteiger partial charge in [-0.1, -0.05) is 13.8 Å². The smallest absolute Gasteiger partial charge is 0.319 e. The third kappa shape index (κ3) is 3.78. The number of rotatable bonds is 3. The second-order valence-electron chi connectivity index (χ2n) is 4.62. The lowest BCUT2D eigenvalue weighted by Gasteiger charge is -2.25. The number of carbonyl (C=O) groups excluding carboxylic acids is 1. The molecule has 0 aromatic carbocycles. The van der Waals surface area contributed by atoms with E-state index in [9.17, 15) is 4.79 Å². The Morgan fingerprint density at radius 1 is 1.67 bits per heavy atom. The zero-order chi connectivity index (χ0) is 11.5. The normalized spacial score (nSPS) is 21.1. The van der Waals surface area contributed by atoms with E-state index >= 15 is 0 Å². The number of nitrogens with one attached hydrogen (secondary N) is 2. The molecule has 0 bridgehead atoms. The Hall–Kier alpha value is -0.640. The first-order valence-electron chi connectivity index (χ1n) is 5.35. The van der Waals surface area contributed by atoms with Crippen molar-refractivity contribution < 1.29 is 4.79 Å². The van der Waals surface area contributed by atoms with E-state index < -0.39 is 0 Å². The molecular weight excluding hydrogens is 208 g/mol. The molecule has 2 amide bonds. The molecule has 0 aromatic rings. The molecule has 0 saturated heterocycles. The molecule has 0 aliphatic carbocycles. The highest BCUT2D eigenvalue weighted by molar-refractivity contribution is 8.02. The number of hydrogen-bond donors (Lipinski definition) is 2. The molecular formula is C11H20N2OS. The molecule has 0 saturated carbocycles. The molecule has 1 heterocycles. The van der Waals surface area contributed by atoms with Gasteiger partial charge in [0.1, 0.15) is 0 Å². The number of hydrogen-bond acceptors (Lipinski definition) is 2. The Bertz CT molecular complexity index is 274. The van der Waals surface area contributed by atoms with Gasteiger partial charge in [-0.15, -0.1) is 11.8 Å². The van der Waals surface area contributed by atoms with Crippen molar-refractivity contribution in [3.8, 4) is 0 Å². The van der Waals surface area contributed by atoms with Gasteiger partial charge in [-0.25, -0.2) is 4.79 Å². The maximum atomic E-state index is 11.6. The molecule has 1 atom stereocenters. The fraction of sp³-hybridized carbons (Fsp3) is 0.727. The average molecular weight is 228 g/mol. The molecule has 3 nitrogen and oxygen atoms in total. The highest BCUT2D eigenvalue weighted by Gasteiger charge is 2.21. The van der Waals surface area contributed by atoms with Crippen LogP contribution in [0.1, 0.15) is 34.1 Å². The largest absolute Gasteiger partial charge is 0.333 e. The quantitative estimate of drug-likeness (QED) is 0.780. The van der Waals surface area contributed by atoms with Crippen LogP contribution in [0.5, 0.6) is 0 Å². The van der Waals surface area contributed by atoms with Crippen LogP contribution in [0.25, 0.3) is 0 Å². The van der Waals surface area contributed by atoms with Gasteiger partial charge in [-0.3, -0.25) is 0 Å². The van der Waals surface area contributed by atoms with Crippen LogP contribution in [0.4, 0.5) is 4.79 Å². The molecule has 4 heteroatoms. The maximum absolute atomic E-state index is 11.6. The topological polar surface area (TPSA) is 41.1 Å². The van der Waals surface area contributed by atoms with Gasteiger partial charge in [0, 0.05) is 22.9 Å².